The molecule has 3 atom stereocenters. The van der Waals surface area contributed by atoms with Crippen LogP contribution in [-0.4, -0.2) is 41.6 Å². The second-order valence-electron chi connectivity index (χ2n) is 2.69. The summed E-state index contributed by atoms with van der Waals surface area (Å²) in [6.07, 6.45) is 0.223. The largest absolute Gasteiger partial charge is 0.395 e. The third-order valence-corrected chi connectivity index (χ3v) is 1.91. The van der Waals surface area contributed by atoms with Crippen molar-refractivity contribution in [3.8, 4) is 0 Å². The number of hydrogen-bond donors (Lipinski definition) is 4. The molecule has 1 heterocycles. The predicted molar refractivity (Wildman–Crippen MR) is 37.5 cm³/mol. The fourth-order valence-electron chi connectivity index (χ4n) is 1.29. The highest BCUT2D eigenvalue weighted by molar-refractivity contribution is 4.90. The first-order valence-electron chi connectivity index (χ1n) is 3.53. The van der Waals surface area contributed by atoms with Crippen molar-refractivity contribution in [3.05, 3.63) is 0 Å². The number of aliphatic hydroxyl groups is 2. The number of rotatable bonds is 2. The van der Waals surface area contributed by atoms with E-state index in [0.717, 1.165) is 0 Å². The van der Waals surface area contributed by atoms with Gasteiger partial charge in [-0.05, 0) is 6.42 Å². The maximum absolute atomic E-state index is 9.24. The van der Waals surface area contributed by atoms with Crippen LogP contribution in [0.1, 0.15) is 6.42 Å². The van der Waals surface area contributed by atoms with Crippen molar-refractivity contribution in [3.63, 3.8) is 0 Å². The van der Waals surface area contributed by atoms with Crippen LogP contribution < -0.4 is 11.1 Å². The van der Waals surface area contributed by atoms with E-state index in [-0.39, 0.29) is 24.8 Å². The van der Waals surface area contributed by atoms with Crippen LogP contribution in [0.15, 0.2) is 0 Å². The molecule has 0 aromatic rings. The number of aliphatic hydroxyl groups excluding tert-OH is 2. The minimum atomic E-state index is -0.387. The molecule has 0 unspecified atom stereocenters. The lowest BCUT2D eigenvalue weighted by molar-refractivity contribution is 0.158. The average molecular weight is 146 g/mol. The minimum absolute atomic E-state index is 0.0304. The zero-order chi connectivity index (χ0) is 7.56. The first-order chi connectivity index (χ1) is 4.77. The Morgan fingerprint density at radius 2 is 2.30 bits per heavy atom. The standard InChI is InChI=1S/C6H14N2O2/c7-2-5-6(10)1-4(3-9)8-5/h4-6,8-10H,1-3,7H2/t4-,5-,6-/m1/s1. The van der Waals surface area contributed by atoms with E-state index in [0.29, 0.717) is 13.0 Å². The maximum Gasteiger partial charge on any atom is 0.0721 e. The van der Waals surface area contributed by atoms with Gasteiger partial charge < -0.3 is 21.3 Å². The molecule has 1 aliphatic rings. The van der Waals surface area contributed by atoms with Gasteiger partial charge >= 0.3 is 0 Å². The molecule has 1 fully saturated rings. The Balaban J connectivity index is 2.36. The monoisotopic (exact) mass is 146 g/mol. The normalized spacial score (nSPS) is 40.5. The smallest absolute Gasteiger partial charge is 0.0721 e. The van der Waals surface area contributed by atoms with Crippen LogP contribution in [0.25, 0.3) is 0 Å². The Labute approximate surface area is 60.0 Å². The van der Waals surface area contributed by atoms with Gasteiger partial charge in [0.05, 0.1) is 12.7 Å². The van der Waals surface area contributed by atoms with E-state index < -0.39 is 0 Å². The molecule has 0 aromatic carbocycles. The third-order valence-electron chi connectivity index (χ3n) is 1.91. The summed E-state index contributed by atoms with van der Waals surface area (Å²) in [5.41, 5.74) is 5.34. The van der Waals surface area contributed by atoms with Gasteiger partial charge in [0, 0.05) is 18.6 Å². The van der Waals surface area contributed by atoms with Crippen molar-refractivity contribution >= 4 is 0 Å². The average Bonchev–Trinajstić information content (AvgIpc) is 2.30. The lowest BCUT2D eigenvalue weighted by Crippen LogP contribution is -2.40. The van der Waals surface area contributed by atoms with Crippen molar-refractivity contribution in [2.45, 2.75) is 24.6 Å². The highest BCUT2D eigenvalue weighted by Gasteiger charge is 2.30. The Morgan fingerprint density at radius 3 is 2.60 bits per heavy atom. The lowest BCUT2D eigenvalue weighted by atomic mass is 10.1. The van der Waals surface area contributed by atoms with Gasteiger partial charge in [0.2, 0.25) is 0 Å². The Bertz CT molecular complexity index is 110. The van der Waals surface area contributed by atoms with E-state index >= 15 is 0 Å². The Hall–Kier alpha value is -0.160. The van der Waals surface area contributed by atoms with Gasteiger partial charge in [0.1, 0.15) is 0 Å². The Kier molecular flexibility index (Phi) is 2.62. The van der Waals surface area contributed by atoms with Crippen LogP contribution in [-0.2, 0) is 0 Å². The summed E-state index contributed by atoms with van der Waals surface area (Å²) >= 11 is 0. The van der Waals surface area contributed by atoms with Crippen molar-refractivity contribution in [2.75, 3.05) is 13.2 Å². The molecule has 0 aliphatic carbocycles. The molecule has 60 valence electrons. The van der Waals surface area contributed by atoms with Crippen LogP contribution in [0.3, 0.4) is 0 Å². The summed E-state index contributed by atoms with van der Waals surface area (Å²) in [7, 11) is 0. The Morgan fingerprint density at radius 1 is 1.60 bits per heavy atom. The van der Waals surface area contributed by atoms with Crippen LogP contribution in [0.4, 0.5) is 0 Å². The number of nitrogens with two attached hydrogens (primary N) is 1. The van der Waals surface area contributed by atoms with Gasteiger partial charge in [0.25, 0.3) is 0 Å². The summed E-state index contributed by atoms with van der Waals surface area (Å²) in [5, 5.41) is 20.9. The second-order valence-corrected chi connectivity index (χ2v) is 2.69. The van der Waals surface area contributed by atoms with Crippen LogP contribution in [0.5, 0.6) is 0 Å². The van der Waals surface area contributed by atoms with Crippen molar-refractivity contribution < 1.29 is 10.2 Å². The van der Waals surface area contributed by atoms with E-state index in [1.807, 2.05) is 0 Å². The molecule has 5 N–H and O–H groups in total. The van der Waals surface area contributed by atoms with Gasteiger partial charge in [0.15, 0.2) is 0 Å². The molecule has 10 heavy (non-hydrogen) atoms. The van der Waals surface area contributed by atoms with Crippen LogP contribution >= 0.6 is 0 Å². The molecule has 0 amide bonds. The minimum Gasteiger partial charge on any atom is -0.395 e. The molecular formula is C6H14N2O2. The van der Waals surface area contributed by atoms with E-state index in [4.69, 9.17) is 10.8 Å². The van der Waals surface area contributed by atoms with Crippen molar-refractivity contribution in [1.82, 2.24) is 5.32 Å². The molecule has 1 rings (SSSR count). The number of nitrogens with one attached hydrogen (secondary N) is 1. The zero-order valence-electron chi connectivity index (χ0n) is 5.83. The van der Waals surface area contributed by atoms with Gasteiger partial charge in [-0.15, -0.1) is 0 Å². The fourth-order valence-corrected chi connectivity index (χ4v) is 1.29. The second kappa shape index (κ2) is 3.30. The maximum atomic E-state index is 9.24. The quantitative estimate of drug-likeness (QED) is 0.364. The summed E-state index contributed by atoms with van der Waals surface area (Å²) in [4.78, 5) is 0. The summed E-state index contributed by atoms with van der Waals surface area (Å²) in [5.74, 6) is 0. The highest BCUT2D eigenvalue weighted by atomic mass is 16.3. The molecule has 1 saturated heterocycles. The van der Waals surface area contributed by atoms with Gasteiger partial charge in [-0.3, -0.25) is 0 Å². The van der Waals surface area contributed by atoms with E-state index in [9.17, 15) is 5.11 Å². The zero-order valence-corrected chi connectivity index (χ0v) is 5.83. The van der Waals surface area contributed by atoms with Crippen LogP contribution in [0, 0.1) is 0 Å². The topological polar surface area (TPSA) is 78.5 Å². The molecule has 0 radical (unpaired) electrons. The predicted octanol–water partition coefficient (Wildman–Crippen LogP) is -1.97. The fraction of sp³-hybridized carbons (Fsp3) is 1.00. The molecule has 0 spiro atoms. The summed E-state index contributed by atoms with van der Waals surface area (Å²) in [6.45, 7) is 0.505. The lowest BCUT2D eigenvalue weighted by Gasteiger charge is -2.11. The SMILES string of the molecule is NC[C@H]1N[C@@H](CO)C[C@H]1O. The third kappa shape index (κ3) is 1.46. The van der Waals surface area contributed by atoms with Crippen LogP contribution in [0.2, 0.25) is 0 Å². The highest BCUT2D eigenvalue weighted by Crippen LogP contribution is 2.11. The van der Waals surface area contributed by atoms with Gasteiger partial charge in [-0.25, -0.2) is 0 Å². The van der Waals surface area contributed by atoms with E-state index in [1.54, 1.807) is 0 Å². The first-order valence-corrected chi connectivity index (χ1v) is 3.53. The van der Waals surface area contributed by atoms with Crippen molar-refractivity contribution in [1.29, 1.82) is 0 Å². The molecule has 4 heteroatoms. The summed E-state index contributed by atoms with van der Waals surface area (Å²) in [6, 6.07) is 0.000648. The van der Waals surface area contributed by atoms with Crippen molar-refractivity contribution in [2.24, 2.45) is 5.73 Å². The van der Waals surface area contributed by atoms with Gasteiger partial charge in [-0.2, -0.15) is 0 Å². The molecule has 4 nitrogen and oxygen atoms in total. The van der Waals surface area contributed by atoms with E-state index in [2.05, 4.69) is 5.32 Å². The van der Waals surface area contributed by atoms with Gasteiger partial charge in [-0.1, -0.05) is 0 Å². The molecule has 0 aromatic heterocycles. The van der Waals surface area contributed by atoms with E-state index in [1.165, 1.54) is 0 Å². The molecule has 0 saturated carbocycles. The number of hydrogen-bond acceptors (Lipinski definition) is 4. The first kappa shape index (κ1) is 7.94. The summed E-state index contributed by atoms with van der Waals surface area (Å²) < 4.78 is 0. The molecule has 0 bridgehead atoms. The molecular weight excluding hydrogens is 132 g/mol. The molecule has 1 aliphatic heterocycles.